The molecule has 8 atom stereocenters. The standard InChI is InChI=1S/C36H50ClN3O9S/c1-9-24-12-10-11-20(2)15-23-16-25(31(37)26(17-23)46-8)40(7)30(42)18-28(48-33(43)22(4)39(6)29(41)13-14-50)35(5)32(49-35)21(3)27-19-36(24,45)38-34(44)47-27/h10-12,16-17,21-22,24,27-28,32,45,50H,9,13-15,18-19H2,1-8H3,(H,38,44)/b12-10+,20-11+. The first kappa shape index (κ1) is 39.5. The van der Waals surface area contributed by atoms with Crippen LogP contribution >= 0.6 is 24.2 Å². The second-order valence-electron chi connectivity index (χ2n) is 13.7. The van der Waals surface area contributed by atoms with Crippen molar-refractivity contribution in [2.45, 2.75) is 102 Å². The minimum absolute atomic E-state index is 0.0761. The first-order valence-electron chi connectivity index (χ1n) is 16.9. The molecule has 3 amide bonds. The molecule has 3 heterocycles. The van der Waals surface area contributed by atoms with Crippen LogP contribution in [-0.4, -0.2) is 96.5 Å². The number of nitrogens with zero attached hydrogens (tertiary/aromatic N) is 2. The number of carbonyl (C=O) groups is 4. The van der Waals surface area contributed by atoms with Crippen LogP contribution in [0.2, 0.25) is 5.02 Å². The molecule has 1 aromatic carbocycles. The second-order valence-corrected chi connectivity index (χ2v) is 14.6. The van der Waals surface area contributed by atoms with Crippen LogP contribution in [0.1, 0.15) is 65.9 Å². The molecule has 50 heavy (non-hydrogen) atoms. The lowest BCUT2D eigenvalue weighted by atomic mass is 9.80. The highest BCUT2D eigenvalue weighted by Gasteiger charge is 2.64. The molecule has 4 rings (SSSR count). The molecule has 276 valence electrons. The van der Waals surface area contributed by atoms with Gasteiger partial charge in [0.1, 0.15) is 40.3 Å². The van der Waals surface area contributed by atoms with Crippen LogP contribution in [0.4, 0.5) is 10.5 Å². The van der Waals surface area contributed by atoms with E-state index in [2.05, 4.69) is 17.9 Å². The van der Waals surface area contributed by atoms with Crippen LogP contribution in [0.25, 0.3) is 0 Å². The Kier molecular flexibility index (Phi) is 12.6. The number of epoxide rings is 1. The van der Waals surface area contributed by atoms with Crippen molar-refractivity contribution in [1.29, 1.82) is 0 Å². The number of carbonyl (C=O) groups excluding carboxylic acids is 4. The highest BCUT2D eigenvalue weighted by molar-refractivity contribution is 7.80. The number of allylic oxidation sites excluding steroid dienone is 3. The number of ether oxygens (including phenoxy) is 4. The molecule has 2 saturated heterocycles. The molecule has 0 aromatic heterocycles. The van der Waals surface area contributed by atoms with Crippen LogP contribution in [0.3, 0.4) is 0 Å². The number of nitrogens with one attached hydrogen (secondary N) is 1. The summed E-state index contributed by atoms with van der Waals surface area (Å²) in [6.45, 7) is 9.01. The van der Waals surface area contributed by atoms with Gasteiger partial charge < -0.3 is 33.9 Å². The maximum Gasteiger partial charge on any atom is 0.409 e. The van der Waals surface area contributed by atoms with Gasteiger partial charge in [-0.1, -0.05) is 49.2 Å². The van der Waals surface area contributed by atoms with Crippen molar-refractivity contribution >= 4 is 53.8 Å². The third-order valence-electron chi connectivity index (χ3n) is 10.2. The van der Waals surface area contributed by atoms with Gasteiger partial charge in [-0.2, -0.15) is 12.6 Å². The molecule has 0 spiro atoms. The molecule has 2 N–H and O–H groups in total. The predicted molar refractivity (Wildman–Crippen MR) is 192 cm³/mol. The zero-order chi connectivity index (χ0) is 37.1. The molecule has 12 nitrogen and oxygen atoms in total. The molecule has 3 aliphatic rings. The van der Waals surface area contributed by atoms with Crippen molar-refractivity contribution in [2.24, 2.45) is 11.8 Å². The number of methoxy groups -OCH3 is 1. The fraction of sp³-hybridized carbons (Fsp3) is 0.611. The summed E-state index contributed by atoms with van der Waals surface area (Å²) in [5.74, 6) is -1.61. The minimum atomic E-state index is -1.60. The van der Waals surface area contributed by atoms with Gasteiger partial charge in [0.15, 0.2) is 0 Å². The molecular weight excluding hydrogens is 686 g/mol. The molecule has 4 bridgehead atoms. The van der Waals surface area contributed by atoms with Gasteiger partial charge in [0.25, 0.3) is 0 Å². The lowest BCUT2D eigenvalue weighted by Crippen LogP contribution is -2.61. The Hall–Kier alpha value is -3.26. The summed E-state index contributed by atoms with van der Waals surface area (Å²) in [5.41, 5.74) is -0.543. The predicted octanol–water partition coefficient (Wildman–Crippen LogP) is 4.85. The summed E-state index contributed by atoms with van der Waals surface area (Å²) in [6.07, 6.45) is 3.40. The molecule has 0 aliphatic carbocycles. The lowest BCUT2D eigenvalue weighted by Gasteiger charge is -2.42. The average molecular weight is 736 g/mol. The summed E-state index contributed by atoms with van der Waals surface area (Å²) < 4.78 is 23.5. The van der Waals surface area contributed by atoms with Crippen molar-refractivity contribution in [3.05, 3.63) is 46.5 Å². The number of anilines is 1. The lowest BCUT2D eigenvalue weighted by molar-refractivity contribution is -0.161. The number of likely N-dealkylation sites (N-methyl/N-ethyl adjacent to an activating group) is 1. The average Bonchev–Trinajstić information content (AvgIpc) is 3.76. The Morgan fingerprint density at radius 2 is 2.00 bits per heavy atom. The number of benzene rings is 1. The van der Waals surface area contributed by atoms with Crippen LogP contribution in [0, 0.1) is 11.8 Å². The summed E-state index contributed by atoms with van der Waals surface area (Å²) in [4.78, 5) is 55.7. The van der Waals surface area contributed by atoms with E-state index < -0.39 is 65.5 Å². The van der Waals surface area contributed by atoms with E-state index in [1.165, 1.54) is 24.0 Å². The van der Waals surface area contributed by atoms with Gasteiger partial charge in [-0.15, -0.1) is 0 Å². The van der Waals surface area contributed by atoms with E-state index in [0.717, 1.165) is 11.1 Å². The SMILES string of the molecule is CCC1/C=C/C=C(\C)Cc2cc(OC)c(Cl)c(c2)N(C)C(=O)CC(OC(=O)C(C)N(C)C(=O)CCS)C2(C)OC2C(C)C2CC1(O)NC(=O)O2. The first-order valence-corrected chi connectivity index (χ1v) is 17.9. The van der Waals surface area contributed by atoms with Gasteiger partial charge in [0.05, 0.1) is 25.3 Å². The van der Waals surface area contributed by atoms with Crippen LogP contribution in [-0.2, 0) is 35.0 Å². The van der Waals surface area contributed by atoms with Crippen molar-refractivity contribution in [1.82, 2.24) is 10.2 Å². The number of aliphatic hydroxyl groups is 1. The van der Waals surface area contributed by atoms with Gasteiger partial charge in [-0.25, -0.2) is 9.59 Å². The third-order valence-corrected chi connectivity index (χ3v) is 10.8. The highest BCUT2D eigenvalue weighted by atomic mass is 35.5. The Balaban J connectivity index is 1.78. The van der Waals surface area contributed by atoms with Gasteiger partial charge >= 0.3 is 12.1 Å². The van der Waals surface area contributed by atoms with E-state index in [4.69, 9.17) is 30.5 Å². The maximum absolute atomic E-state index is 14.1. The molecule has 0 saturated carbocycles. The van der Waals surface area contributed by atoms with Gasteiger partial charge in [0.2, 0.25) is 11.8 Å². The molecule has 8 unspecified atom stereocenters. The number of hydrogen-bond acceptors (Lipinski definition) is 10. The zero-order valence-electron chi connectivity index (χ0n) is 30.0. The first-order chi connectivity index (χ1) is 23.5. The number of rotatable bonds is 7. The van der Waals surface area contributed by atoms with E-state index in [9.17, 15) is 24.3 Å². The molecule has 14 heteroatoms. The fourth-order valence-electron chi connectivity index (χ4n) is 6.78. The van der Waals surface area contributed by atoms with Crippen LogP contribution in [0.5, 0.6) is 5.75 Å². The van der Waals surface area contributed by atoms with E-state index in [-0.39, 0.29) is 30.2 Å². The van der Waals surface area contributed by atoms with E-state index in [1.807, 2.05) is 51.1 Å². The number of thiol groups is 1. The Morgan fingerprint density at radius 1 is 1.30 bits per heavy atom. The zero-order valence-corrected chi connectivity index (χ0v) is 31.7. The molecule has 3 aliphatic heterocycles. The van der Waals surface area contributed by atoms with Gasteiger partial charge in [-0.3, -0.25) is 14.9 Å². The number of esters is 1. The summed E-state index contributed by atoms with van der Waals surface area (Å²) in [7, 11) is 4.59. The number of amides is 3. The fourth-order valence-corrected chi connectivity index (χ4v) is 7.28. The molecule has 1 aromatic rings. The number of hydrogen-bond donors (Lipinski definition) is 3. The highest BCUT2D eigenvalue weighted by Crippen LogP contribution is 2.49. The topological polar surface area (TPSA) is 147 Å². The molecule has 0 radical (unpaired) electrons. The molecule has 2 fully saturated rings. The minimum Gasteiger partial charge on any atom is -0.495 e. The Morgan fingerprint density at radius 3 is 2.64 bits per heavy atom. The third kappa shape index (κ3) is 8.43. The van der Waals surface area contributed by atoms with Crippen molar-refractivity contribution in [3.8, 4) is 5.75 Å². The number of halogens is 1. The summed E-state index contributed by atoms with van der Waals surface area (Å²) >= 11 is 10.9. The largest absolute Gasteiger partial charge is 0.495 e. The van der Waals surface area contributed by atoms with Crippen LogP contribution in [0.15, 0.2) is 35.9 Å². The maximum atomic E-state index is 14.1. The number of fused-ring (bicyclic) bond motifs is 5. The summed E-state index contributed by atoms with van der Waals surface area (Å²) in [5, 5.41) is 14.7. The Labute approximate surface area is 304 Å². The summed E-state index contributed by atoms with van der Waals surface area (Å²) in [6, 6.07) is 2.67. The van der Waals surface area contributed by atoms with Crippen molar-refractivity contribution < 1.29 is 43.2 Å². The quantitative estimate of drug-likeness (QED) is 0.203. The van der Waals surface area contributed by atoms with E-state index in [0.29, 0.717) is 30.0 Å². The number of alkyl carbamates (subject to hydrolysis) is 1. The second kappa shape index (κ2) is 16.0. The molecular formula is C36H50ClN3O9S. The van der Waals surface area contributed by atoms with Gasteiger partial charge in [0, 0.05) is 38.8 Å². The van der Waals surface area contributed by atoms with E-state index >= 15 is 0 Å². The van der Waals surface area contributed by atoms with Crippen LogP contribution < -0.4 is 15.0 Å². The van der Waals surface area contributed by atoms with Crippen molar-refractivity contribution in [3.63, 3.8) is 0 Å². The normalized spacial score (nSPS) is 32.3. The monoisotopic (exact) mass is 735 g/mol. The smallest absolute Gasteiger partial charge is 0.409 e. The van der Waals surface area contributed by atoms with E-state index in [1.54, 1.807) is 20.9 Å². The van der Waals surface area contributed by atoms with Gasteiger partial charge in [-0.05, 0) is 57.1 Å². The Bertz CT molecular complexity index is 1540. The van der Waals surface area contributed by atoms with Crippen molar-refractivity contribution in [2.75, 3.05) is 31.9 Å².